The molecule has 0 atom stereocenters. The predicted octanol–water partition coefficient (Wildman–Crippen LogP) is 2.81. The average molecular weight is 508 g/mol. The molecule has 0 unspecified atom stereocenters. The number of esters is 2. The zero-order valence-electron chi connectivity index (χ0n) is 20.3. The highest BCUT2D eigenvalue weighted by molar-refractivity contribution is 6.02. The molecule has 0 bridgehead atoms. The standard InChI is InChI=1S/C27H26FN3O6/c1-35-29-23(19-6-8-20(28)9-7-19)17-30-14-12-18(13-15-30)16-31-26(34)21-4-2-3-5-22(21)27(31)36-24(32)10-11-25(33)37-27/h2-11,18H,12-17H2,1H3/b29-23+. The summed E-state index contributed by atoms with van der Waals surface area (Å²) in [5.41, 5.74) is 2.14. The highest BCUT2D eigenvalue weighted by Crippen LogP contribution is 2.43. The minimum absolute atomic E-state index is 0.0774. The number of halogens is 1. The molecule has 5 rings (SSSR count). The lowest BCUT2D eigenvalue weighted by atomic mass is 9.95. The summed E-state index contributed by atoms with van der Waals surface area (Å²) < 4.78 is 24.6. The van der Waals surface area contributed by atoms with E-state index < -0.39 is 17.8 Å². The summed E-state index contributed by atoms with van der Waals surface area (Å²) in [5.74, 6) is -4.05. The Hall–Kier alpha value is -4.05. The van der Waals surface area contributed by atoms with Gasteiger partial charge in [-0.1, -0.05) is 29.4 Å². The molecule has 2 aromatic rings. The van der Waals surface area contributed by atoms with Gasteiger partial charge in [0.15, 0.2) is 0 Å². The van der Waals surface area contributed by atoms with E-state index in [2.05, 4.69) is 10.1 Å². The molecule has 9 nitrogen and oxygen atoms in total. The minimum atomic E-state index is -1.93. The molecule has 1 saturated heterocycles. The van der Waals surface area contributed by atoms with Gasteiger partial charge in [0.2, 0.25) is 0 Å². The van der Waals surface area contributed by atoms with Gasteiger partial charge in [0, 0.05) is 30.8 Å². The van der Waals surface area contributed by atoms with Crippen LogP contribution in [0.1, 0.15) is 34.3 Å². The van der Waals surface area contributed by atoms with Crippen LogP contribution in [-0.4, -0.2) is 66.6 Å². The second-order valence-corrected chi connectivity index (χ2v) is 9.17. The first-order valence-electron chi connectivity index (χ1n) is 12.0. The highest BCUT2D eigenvalue weighted by Gasteiger charge is 2.57. The molecule has 37 heavy (non-hydrogen) atoms. The van der Waals surface area contributed by atoms with E-state index in [-0.39, 0.29) is 24.2 Å². The van der Waals surface area contributed by atoms with Crippen LogP contribution in [0.15, 0.2) is 65.8 Å². The molecular formula is C27H26FN3O6. The molecule has 3 aliphatic rings. The lowest BCUT2D eigenvalue weighted by Crippen LogP contribution is -2.52. The van der Waals surface area contributed by atoms with Crippen LogP contribution < -0.4 is 0 Å². The molecule has 0 radical (unpaired) electrons. The van der Waals surface area contributed by atoms with Crippen LogP contribution >= 0.6 is 0 Å². The summed E-state index contributed by atoms with van der Waals surface area (Å²) in [7, 11) is 1.47. The normalized spacial score (nSPS) is 20.0. The number of carbonyl (C=O) groups is 3. The number of nitrogens with zero attached hydrogens (tertiary/aromatic N) is 3. The van der Waals surface area contributed by atoms with E-state index in [1.807, 2.05) is 0 Å². The first kappa shape index (κ1) is 24.6. The zero-order valence-corrected chi connectivity index (χ0v) is 20.3. The minimum Gasteiger partial charge on any atom is -0.399 e. The van der Waals surface area contributed by atoms with Crippen LogP contribution in [0.2, 0.25) is 0 Å². The molecule has 3 heterocycles. The molecule has 10 heteroatoms. The maximum Gasteiger partial charge on any atom is 0.375 e. The van der Waals surface area contributed by atoms with E-state index in [1.54, 1.807) is 36.4 Å². The number of amides is 1. The van der Waals surface area contributed by atoms with Crippen molar-refractivity contribution in [1.82, 2.24) is 9.80 Å². The zero-order chi connectivity index (χ0) is 26.0. The molecule has 0 N–H and O–H groups in total. The smallest absolute Gasteiger partial charge is 0.375 e. The first-order valence-corrected chi connectivity index (χ1v) is 12.0. The summed E-state index contributed by atoms with van der Waals surface area (Å²) in [6.07, 6.45) is 3.50. The third-order valence-electron chi connectivity index (χ3n) is 6.83. The van der Waals surface area contributed by atoms with Crippen molar-refractivity contribution in [3.05, 3.63) is 83.2 Å². The maximum absolute atomic E-state index is 13.4. The largest absolute Gasteiger partial charge is 0.399 e. The van der Waals surface area contributed by atoms with E-state index in [4.69, 9.17) is 14.3 Å². The number of piperidine rings is 1. The highest BCUT2D eigenvalue weighted by atomic mass is 19.1. The van der Waals surface area contributed by atoms with Crippen molar-refractivity contribution in [3.8, 4) is 0 Å². The van der Waals surface area contributed by atoms with E-state index in [0.29, 0.717) is 23.4 Å². The molecule has 1 amide bonds. The Bertz CT molecular complexity index is 1250. The molecule has 0 aliphatic carbocycles. The monoisotopic (exact) mass is 507 g/mol. The van der Waals surface area contributed by atoms with Crippen LogP contribution in [0.25, 0.3) is 0 Å². The molecule has 192 valence electrons. The number of fused-ring (bicyclic) bond motifs is 2. The molecule has 3 aliphatic heterocycles. The fourth-order valence-electron chi connectivity index (χ4n) is 5.01. The van der Waals surface area contributed by atoms with Crippen molar-refractivity contribution in [3.63, 3.8) is 0 Å². The first-order chi connectivity index (χ1) is 17.9. The summed E-state index contributed by atoms with van der Waals surface area (Å²) in [6, 6.07) is 12.8. The SMILES string of the molecule is CO/N=C(\CN1CCC(CN2C(=O)c3ccccc3C23OC(=O)C=CC(=O)O3)CC1)c1ccc(F)cc1. The van der Waals surface area contributed by atoms with Crippen molar-refractivity contribution < 1.29 is 33.1 Å². The van der Waals surface area contributed by atoms with Gasteiger partial charge in [-0.2, -0.15) is 0 Å². The van der Waals surface area contributed by atoms with E-state index in [0.717, 1.165) is 43.6 Å². The van der Waals surface area contributed by atoms with Crippen molar-refractivity contribution in [2.24, 2.45) is 11.1 Å². The fraction of sp³-hybridized carbons (Fsp3) is 0.333. The number of rotatable bonds is 6. The topological polar surface area (TPSA) is 97.7 Å². The molecule has 2 aromatic carbocycles. The van der Waals surface area contributed by atoms with Gasteiger partial charge >= 0.3 is 17.8 Å². The van der Waals surface area contributed by atoms with Gasteiger partial charge in [0.05, 0.1) is 11.1 Å². The lowest BCUT2D eigenvalue weighted by molar-refractivity contribution is -0.274. The Balaban J connectivity index is 1.30. The van der Waals surface area contributed by atoms with Crippen molar-refractivity contribution >= 4 is 23.6 Å². The Kier molecular flexibility index (Phi) is 6.75. The average Bonchev–Trinajstić information content (AvgIpc) is 3.00. The molecule has 0 aromatic heterocycles. The van der Waals surface area contributed by atoms with Gasteiger partial charge in [-0.05, 0) is 56.1 Å². The van der Waals surface area contributed by atoms with Gasteiger partial charge < -0.3 is 14.3 Å². The summed E-state index contributed by atoms with van der Waals surface area (Å²) >= 11 is 0. The van der Waals surface area contributed by atoms with Crippen molar-refractivity contribution in [1.29, 1.82) is 0 Å². The number of hydrogen-bond acceptors (Lipinski definition) is 8. The summed E-state index contributed by atoms with van der Waals surface area (Å²) in [4.78, 5) is 46.7. The number of carbonyl (C=O) groups excluding carboxylic acids is 3. The molecule has 1 fully saturated rings. The Morgan fingerprint density at radius 3 is 2.32 bits per heavy atom. The van der Waals surface area contributed by atoms with Crippen LogP contribution in [0.4, 0.5) is 4.39 Å². The summed E-state index contributed by atoms with van der Waals surface area (Å²) in [5, 5.41) is 4.13. The number of hydrogen-bond donors (Lipinski definition) is 0. The van der Waals surface area contributed by atoms with Gasteiger partial charge in [0.1, 0.15) is 18.6 Å². The second kappa shape index (κ2) is 10.1. The number of oxime groups is 1. The molecule has 0 saturated carbocycles. The second-order valence-electron chi connectivity index (χ2n) is 9.17. The fourth-order valence-corrected chi connectivity index (χ4v) is 5.01. The van der Waals surface area contributed by atoms with Gasteiger partial charge in [-0.3, -0.25) is 14.6 Å². The third-order valence-corrected chi connectivity index (χ3v) is 6.83. The van der Waals surface area contributed by atoms with Gasteiger partial charge in [-0.15, -0.1) is 0 Å². The number of likely N-dealkylation sites (tertiary alicyclic amines) is 1. The van der Waals surface area contributed by atoms with E-state index in [1.165, 1.54) is 24.1 Å². The maximum atomic E-state index is 13.4. The lowest BCUT2D eigenvalue weighted by Gasteiger charge is -2.39. The van der Waals surface area contributed by atoms with Crippen LogP contribution in [-0.2, 0) is 29.8 Å². The third kappa shape index (κ3) is 4.84. The number of ether oxygens (including phenoxy) is 2. The van der Waals surface area contributed by atoms with Gasteiger partial charge in [0.25, 0.3) is 5.91 Å². The van der Waals surface area contributed by atoms with Crippen LogP contribution in [0.3, 0.4) is 0 Å². The number of benzene rings is 2. The summed E-state index contributed by atoms with van der Waals surface area (Å²) in [6.45, 7) is 2.21. The van der Waals surface area contributed by atoms with E-state index in [9.17, 15) is 18.8 Å². The Labute approximate surface area is 213 Å². The Morgan fingerprint density at radius 2 is 1.68 bits per heavy atom. The predicted molar refractivity (Wildman–Crippen MR) is 130 cm³/mol. The van der Waals surface area contributed by atoms with E-state index >= 15 is 0 Å². The quantitative estimate of drug-likeness (QED) is 0.337. The van der Waals surface area contributed by atoms with Crippen LogP contribution in [0.5, 0.6) is 0 Å². The Morgan fingerprint density at radius 1 is 1.03 bits per heavy atom. The van der Waals surface area contributed by atoms with Gasteiger partial charge in [-0.25, -0.2) is 14.0 Å². The van der Waals surface area contributed by atoms with Crippen molar-refractivity contribution in [2.45, 2.75) is 18.8 Å². The van der Waals surface area contributed by atoms with Crippen molar-refractivity contribution in [2.75, 3.05) is 33.3 Å². The molecule has 1 spiro atoms. The molecular weight excluding hydrogens is 481 g/mol. The van der Waals surface area contributed by atoms with Crippen LogP contribution in [0, 0.1) is 11.7 Å².